The van der Waals surface area contributed by atoms with E-state index in [0.717, 1.165) is 41.4 Å². The monoisotopic (exact) mass is 1740 g/mol. The van der Waals surface area contributed by atoms with Gasteiger partial charge in [-0.15, -0.1) is 0 Å². The number of aromatic amines is 6. The van der Waals surface area contributed by atoms with Crippen molar-refractivity contribution in [1.82, 2.24) is 57.3 Å². The molecule has 0 aromatic carbocycles. The van der Waals surface area contributed by atoms with E-state index in [2.05, 4.69) is 0 Å². The minimum absolute atomic E-state index is 0.00662. The zero-order valence-electron chi connectivity index (χ0n) is 82.9. The standard InChI is InChI=1S/6C12H17FN2O5/c6*1-5-6(2)15(11(19)14-9(5)18)10-12(3,13)8(17)7(4-16)20-10/h6*7-8,10,16-17H,4H2,1-3H3,(H,14,18,19)/t6*7-,8-,10-,12-/m111111/s1/i2*4D2,7D,8D;4D,7D,8D;7D,8D;4D,8D;8D/t2m;4?,7-,8-,10-,12-;m;4?,7-,8-,10-,12-;m. The van der Waals surface area contributed by atoms with E-state index in [-0.39, 0.29) is 67.5 Å². The van der Waals surface area contributed by atoms with E-state index in [0.29, 0.717) is 27.5 Å². The van der Waals surface area contributed by atoms with Gasteiger partial charge in [0.1, 0.15) is 73.0 Å². The Labute approximate surface area is 695 Å². The van der Waals surface area contributed by atoms with E-state index in [4.69, 9.17) is 55.5 Å². The number of halogens is 6. The van der Waals surface area contributed by atoms with Gasteiger partial charge in [-0.05, 0) is 125 Å². The molecule has 0 spiro atoms. The number of aromatic nitrogens is 12. The average molecular weight is 1750 g/mol. The van der Waals surface area contributed by atoms with Crippen molar-refractivity contribution in [3.63, 3.8) is 0 Å². The van der Waals surface area contributed by atoms with Crippen molar-refractivity contribution in [1.29, 1.82) is 0 Å². The summed E-state index contributed by atoms with van der Waals surface area (Å²) < 4.78 is 245. The van der Waals surface area contributed by atoms with Gasteiger partial charge in [0.2, 0.25) is 0 Å². The second-order valence-corrected chi connectivity index (χ2v) is 28.7. The minimum Gasteiger partial charge on any atom is -0.394 e. The molecule has 6 fully saturated rings. The Morgan fingerprint density at radius 2 is 0.475 bits per heavy atom. The van der Waals surface area contributed by atoms with Crippen molar-refractivity contribution in [2.45, 2.75) is 269 Å². The lowest BCUT2D eigenvalue weighted by molar-refractivity contribution is -0.0622. The third kappa shape index (κ3) is 17.8. The molecule has 672 valence electrons. The van der Waals surface area contributed by atoms with E-state index in [1.165, 1.54) is 83.1 Å². The van der Waals surface area contributed by atoms with Crippen LogP contribution in [0, 0.1) is 83.1 Å². The smallest absolute Gasteiger partial charge is 0.330 e. The number of hydrogen-bond donors (Lipinski definition) is 18. The minimum atomic E-state index is -3.62. The molecule has 18 N–H and O–H groups in total. The van der Waals surface area contributed by atoms with Crippen LogP contribution in [0.15, 0.2) is 57.5 Å². The molecule has 6 aromatic heterocycles. The second-order valence-electron chi connectivity index (χ2n) is 28.7. The van der Waals surface area contributed by atoms with E-state index in [9.17, 15) is 127 Å². The Bertz CT molecular complexity index is 6300. The van der Waals surface area contributed by atoms with Crippen molar-refractivity contribution in [2.24, 2.45) is 0 Å². The topological polar surface area (TPSA) is 627 Å². The van der Waals surface area contributed by atoms with Gasteiger partial charge in [-0.25, -0.2) is 55.1 Å². The Hall–Kier alpha value is -9.06. The van der Waals surface area contributed by atoms with Crippen molar-refractivity contribution in [3.8, 4) is 0 Å². The SMILES string of the molecule is [2H]C(O)[C@@]1([2H])O[C@@H](n2c(C)c(C)c(=O)[nH]c2=O)[C@](C)(F)[C@]1([2H])O.[2H]C(O)[C@H]1O[C@@H](n2c(C)c(C)c(=O)[nH]c2=O)[C@](C)(F)[C@]1([2H])O.[2H]C([2H])(O)[C@@]1([2H])O[C@@H](n2c(C)c(C)c(=O)[nH]c2=O)[C@](C)(F)[C@]1([2H])O.[2H]C([2H])(O)[C@@]1([2H])O[C@@H](n2c(C)c(C)c(=O)[nH]c2=O)[C@](C)(F)[C@]1([2H])O.[2H][C@@]1(O)[C@@H](CO)O[C@@H](n2c(C)c(C)c(=O)[nH]c2=O)[C@]1(C)F.[2H][C@@]1(O)[C@@]([2H])(CO)O[C@@H](n2c(C)c(C)c(=O)[nH]c2=O)[C@]1(C)F. The molecule has 0 aliphatic carbocycles. The Morgan fingerprint density at radius 1 is 0.292 bits per heavy atom. The summed E-state index contributed by atoms with van der Waals surface area (Å²) >= 11 is 0. The highest BCUT2D eigenvalue weighted by atomic mass is 19.2. The molecule has 120 heavy (non-hydrogen) atoms. The number of aliphatic hydroxyl groups is 12. The van der Waals surface area contributed by atoms with E-state index < -0.39 is 251 Å². The number of ether oxygens (including phenoxy) is 6. The number of nitrogens with zero attached hydrogens (tertiary/aromatic N) is 6. The lowest BCUT2D eigenvalue weighted by atomic mass is 9.98. The van der Waals surface area contributed by atoms with Crippen LogP contribution in [0.3, 0.4) is 0 Å². The lowest BCUT2D eigenvalue weighted by Gasteiger charge is -2.26. The molecule has 0 bridgehead atoms. The van der Waals surface area contributed by atoms with Crippen LogP contribution >= 0.6 is 0 Å². The maximum Gasteiger partial charge on any atom is 0.330 e. The summed E-state index contributed by atoms with van der Waals surface area (Å²) in [7, 11) is 0. The Morgan fingerprint density at radius 3 is 0.642 bits per heavy atom. The molecule has 48 heteroatoms. The van der Waals surface area contributed by atoms with E-state index in [1.54, 1.807) is 0 Å². The largest absolute Gasteiger partial charge is 0.394 e. The first-order valence-electron chi connectivity index (χ1n) is 43.3. The van der Waals surface area contributed by atoms with E-state index >= 15 is 13.2 Å². The first-order chi connectivity index (χ1) is 60.9. The van der Waals surface area contributed by atoms with Gasteiger partial charge >= 0.3 is 34.1 Å². The lowest BCUT2D eigenvalue weighted by Crippen LogP contribution is -2.45. The Kier molecular flexibility index (Phi) is 23.1. The predicted octanol–water partition coefficient (Wildman–Crippen LogP) is -5.21. The summed E-state index contributed by atoms with van der Waals surface area (Å²) in [5.41, 5.74) is -27.2. The molecule has 2 unspecified atom stereocenters. The highest BCUT2D eigenvalue weighted by molar-refractivity contribution is 5.22. The number of aliphatic hydroxyl groups excluding tert-OH is 4. The quantitative estimate of drug-likeness (QED) is 0.0509. The molecule has 6 aromatic rings. The van der Waals surface area contributed by atoms with Crippen LogP contribution in [0.1, 0.15) is 168 Å². The van der Waals surface area contributed by atoms with Crippen LogP contribution in [0.2, 0.25) is 0 Å². The normalized spacial score (nSPS) is 42.4. The van der Waals surface area contributed by atoms with Gasteiger partial charge in [-0.2, -0.15) is 0 Å². The van der Waals surface area contributed by atoms with Gasteiger partial charge in [0.05, 0.1) is 61.4 Å². The van der Waals surface area contributed by atoms with Crippen molar-refractivity contribution in [3.05, 3.63) is 193 Å². The molecule has 0 radical (unpaired) electrons. The number of hydrogen-bond acceptors (Lipinski definition) is 30. The Balaban J connectivity index is 0.000000223. The fourth-order valence-electron chi connectivity index (χ4n) is 12.7. The molecule has 6 aliphatic heterocycles. The summed E-state index contributed by atoms with van der Waals surface area (Å²) in [5.74, 6) is 0. The van der Waals surface area contributed by atoms with Crippen LogP contribution in [-0.4, -0.2) is 265 Å². The molecule has 12 heterocycles. The molecule has 26 atom stereocenters. The number of H-pyrrole nitrogens is 6. The van der Waals surface area contributed by atoms with E-state index in [1.807, 2.05) is 29.9 Å². The molecular weight excluding hydrogens is 1630 g/mol. The molecule has 42 nitrogen and oxygen atoms in total. The summed E-state index contributed by atoms with van der Waals surface area (Å²) in [6, 6.07) is 0. The predicted molar refractivity (Wildman–Crippen MR) is 404 cm³/mol. The molecule has 0 saturated carbocycles. The maximum absolute atomic E-state index is 15.1. The third-order valence-corrected chi connectivity index (χ3v) is 20.9. The van der Waals surface area contributed by atoms with Gasteiger partial charge in [0, 0.05) is 67.5 Å². The first kappa shape index (κ1) is 75.9. The van der Waals surface area contributed by atoms with Crippen molar-refractivity contribution in [2.75, 3.05) is 39.5 Å². The van der Waals surface area contributed by atoms with Crippen LogP contribution in [-0.2, 0) is 28.4 Å². The number of nitrogens with one attached hydrogen (secondary N) is 6. The zero-order valence-corrected chi connectivity index (χ0v) is 66.9. The number of alkyl halides is 6. The maximum atomic E-state index is 15.1. The van der Waals surface area contributed by atoms with Crippen LogP contribution in [0.25, 0.3) is 0 Å². The molecule has 0 amide bonds. The van der Waals surface area contributed by atoms with Gasteiger partial charge in [-0.1, -0.05) is 0 Å². The zero-order chi connectivity index (χ0) is 106. The summed E-state index contributed by atoms with van der Waals surface area (Å²) in [6.45, 7) is 7.19. The van der Waals surface area contributed by atoms with Crippen LogP contribution in [0.5, 0.6) is 0 Å². The fourth-order valence-corrected chi connectivity index (χ4v) is 12.7. The molecular formula is C72H102F6N12O30. The molecule has 6 aliphatic rings. The second kappa shape index (κ2) is 36.5. The van der Waals surface area contributed by atoms with Crippen molar-refractivity contribution >= 4 is 0 Å². The first-order valence-corrected chi connectivity index (χ1v) is 35.1. The highest BCUT2D eigenvalue weighted by Gasteiger charge is 2.61. The molecule has 12 rings (SSSR count). The third-order valence-electron chi connectivity index (χ3n) is 20.9. The highest BCUT2D eigenvalue weighted by Crippen LogP contribution is 2.47. The van der Waals surface area contributed by atoms with Gasteiger partial charge < -0.3 is 89.7 Å². The van der Waals surface area contributed by atoms with Gasteiger partial charge in [-0.3, -0.25) is 86.1 Å². The van der Waals surface area contributed by atoms with Crippen LogP contribution in [0.4, 0.5) is 26.3 Å². The number of rotatable bonds is 12. The summed E-state index contributed by atoms with van der Waals surface area (Å²) in [4.78, 5) is 153. The summed E-state index contributed by atoms with van der Waals surface area (Å²) in [5, 5.41) is 116. The van der Waals surface area contributed by atoms with Gasteiger partial charge in [0.25, 0.3) is 33.4 Å². The van der Waals surface area contributed by atoms with Gasteiger partial charge in [0.15, 0.2) is 71.4 Å². The molecule has 6 saturated heterocycles. The van der Waals surface area contributed by atoms with Crippen molar-refractivity contribution < 1.29 is 138 Å². The fraction of sp³-hybridized carbons (Fsp3) is 0.667. The van der Waals surface area contributed by atoms with Crippen LogP contribution < -0.4 is 67.5 Å². The average Bonchev–Trinajstić information content (AvgIpc) is 1.52. The summed E-state index contributed by atoms with van der Waals surface area (Å²) in [6.07, 6.45) is -46.9.